The first-order valence-corrected chi connectivity index (χ1v) is 14.1. The van der Waals surface area contributed by atoms with Crippen molar-refractivity contribution in [2.45, 2.75) is 45.1 Å². The molecule has 0 unspecified atom stereocenters. The first-order chi connectivity index (χ1) is 21.3. The lowest BCUT2D eigenvalue weighted by Gasteiger charge is -2.31. The smallest absolute Gasteiger partial charge is 0.331 e. The molecule has 12 nitrogen and oxygen atoms in total. The Kier molecular flexibility index (Phi) is 11.4. The summed E-state index contributed by atoms with van der Waals surface area (Å²) in [4.78, 5) is 42.7. The molecular formula is C32H36N2O10. The highest BCUT2D eigenvalue weighted by atomic mass is 16.7. The number of methoxy groups -OCH3 is 1. The van der Waals surface area contributed by atoms with Crippen molar-refractivity contribution < 1.29 is 47.5 Å². The second-order valence-corrected chi connectivity index (χ2v) is 10.1. The molecule has 1 aromatic heterocycles. The van der Waals surface area contributed by atoms with Crippen LogP contribution in [-0.2, 0) is 23.8 Å². The summed E-state index contributed by atoms with van der Waals surface area (Å²) in [5.41, 5.74) is -0.193. The first kappa shape index (κ1) is 32.1. The Bertz CT molecular complexity index is 1390. The summed E-state index contributed by atoms with van der Waals surface area (Å²) >= 11 is 0. The van der Waals surface area contributed by atoms with Gasteiger partial charge in [0, 0.05) is 12.3 Å². The van der Waals surface area contributed by atoms with Crippen molar-refractivity contribution in [2.75, 3.05) is 27.1 Å². The number of esters is 2. The van der Waals surface area contributed by atoms with Gasteiger partial charge in [0.05, 0.1) is 26.2 Å². The summed E-state index contributed by atoms with van der Waals surface area (Å²) < 4.78 is 40.1. The van der Waals surface area contributed by atoms with Gasteiger partial charge in [0.15, 0.2) is 35.4 Å². The van der Waals surface area contributed by atoms with Gasteiger partial charge in [-0.15, -0.1) is 0 Å². The van der Waals surface area contributed by atoms with Gasteiger partial charge in [0.2, 0.25) is 6.79 Å². The standard InChI is InChI=1S/C32H36N2O10/c1-20(2)31(36)41-19-40-29-25(38-4)15-16-33-27(29)30(35)34-24-17-39-18-26(43-22-11-7-5-8-12-22)28(21(3)42-32(24)37)44-23-13-9-6-10-14-23/h5-16,20-21,24,26,28H,17-19H2,1-4H3,(H,34,35)/t21-,24-,26-,28-/m0/s1. The predicted molar refractivity (Wildman–Crippen MR) is 157 cm³/mol. The van der Waals surface area contributed by atoms with E-state index in [9.17, 15) is 14.4 Å². The number of ether oxygens (including phenoxy) is 7. The Labute approximate surface area is 255 Å². The number of pyridine rings is 1. The molecule has 0 bridgehead atoms. The maximum Gasteiger partial charge on any atom is 0.331 e. The summed E-state index contributed by atoms with van der Waals surface area (Å²) in [5, 5.41) is 2.61. The van der Waals surface area contributed by atoms with E-state index in [0.29, 0.717) is 11.5 Å². The Morgan fingerprint density at radius 3 is 2.27 bits per heavy atom. The van der Waals surface area contributed by atoms with Crippen molar-refractivity contribution in [1.82, 2.24) is 10.3 Å². The highest BCUT2D eigenvalue weighted by molar-refractivity contribution is 5.98. The van der Waals surface area contributed by atoms with Gasteiger partial charge in [-0.1, -0.05) is 50.2 Å². The van der Waals surface area contributed by atoms with Crippen LogP contribution in [0.5, 0.6) is 23.0 Å². The average molecular weight is 609 g/mol. The van der Waals surface area contributed by atoms with Gasteiger partial charge in [-0.3, -0.25) is 9.59 Å². The van der Waals surface area contributed by atoms with Crippen LogP contribution in [0.1, 0.15) is 31.3 Å². The average Bonchev–Trinajstić information content (AvgIpc) is 3.07. The summed E-state index contributed by atoms with van der Waals surface area (Å²) in [5.74, 6) is -1.11. The number of aromatic nitrogens is 1. The number of hydrogen-bond donors (Lipinski definition) is 1. The molecule has 1 amide bonds. The molecule has 4 rings (SSSR count). The van der Waals surface area contributed by atoms with Gasteiger partial charge < -0.3 is 38.5 Å². The van der Waals surface area contributed by atoms with Gasteiger partial charge >= 0.3 is 11.9 Å². The lowest BCUT2D eigenvalue weighted by atomic mass is 10.1. The monoisotopic (exact) mass is 608 g/mol. The molecule has 1 aliphatic rings. The van der Waals surface area contributed by atoms with Gasteiger partial charge in [-0.2, -0.15) is 0 Å². The molecule has 0 aliphatic carbocycles. The van der Waals surface area contributed by atoms with Crippen molar-refractivity contribution >= 4 is 17.8 Å². The lowest BCUT2D eigenvalue weighted by Crippen LogP contribution is -2.48. The third kappa shape index (κ3) is 8.60. The minimum absolute atomic E-state index is 0.0206. The third-order valence-corrected chi connectivity index (χ3v) is 6.51. The van der Waals surface area contributed by atoms with Crippen molar-refractivity contribution in [3.05, 3.63) is 78.6 Å². The molecule has 4 atom stereocenters. The van der Waals surface area contributed by atoms with Crippen LogP contribution in [0.4, 0.5) is 0 Å². The Morgan fingerprint density at radius 2 is 1.64 bits per heavy atom. The van der Waals surface area contributed by atoms with Crippen molar-refractivity contribution in [2.24, 2.45) is 5.92 Å². The number of carbonyl (C=O) groups excluding carboxylic acids is 3. The molecule has 234 valence electrons. The second-order valence-electron chi connectivity index (χ2n) is 10.1. The van der Waals surface area contributed by atoms with E-state index >= 15 is 0 Å². The van der Waals surface area contributed by atoms with E-state index in [0.717, 1.165) is 0 Å². The van der Waals surface area contributed by atoms with Crippen molar-refractivity contribution in [3.8, 4) is 23.0 Å². The molecule has 1 aliphatic heterocycles. The maximum absolute atomic E-state index is 13.4. The van der Waals surface area contributed by atoms with Crippen molar-refractivity contribution in [3.63, 3.8) is 0 Å². The number of nitrogens with one attached hydrogen (secondary N) is 1. The molecule has 0 spiro atoms. The number of amides is 1. The minimum atomic E-state index is -1.21. The number of rotatable bonds is 11. The number of cyclic esters (lactones) is 1. The van der Waals surface area contributed by atoms with Crippen LogP contribution in [0.3, 0.4) is 0 Å². The second kappa shape index (κ2) is 15.6. The zero-order valence-corrected chi connectivity index (χ0v) is 25.0. The first-order valence-electron chi connectivity index (χ1n) is 14.1. The molecule has 1 N–H and O–H groups in total. The van der Waals surface area contributed by atoms with Crippen LogP contribution < -0.4 is 24.3 Å². The van der Waals surface area contributed by atoms with Crippen LogP contribution in [0.2, 0.25) is 0 Å². The Morgan fingerprint density at radius 1 is 0.977 bits per heavy atom. The van der Waals surface area contributed by atoms with E-state index in [4.69, 9.17) is 33.2 Å². The SMILES string of the molecule is COc1ccnc(C(=O)N[C@H]2COC[C@H](Oc3ccccc3)[C@@H](Oc3ccccc3)[C@H](C)OC2=O)c1OCOC(=O)C(C)C. The normalized spacial score (nSPS) is 20.2. The van der Waals surface area contributed by atoms with Crippen LogP contribution in [0.25, 0.3) is 0 Å². The van der Waals surface area contributed by atoms with Gasteiger partial charge in [0.1, 0.15) is 17.6 Å². The fourth-order valence-electron chi connectivity index (χ4n) is 4.24. The van der Waals surface area contributed by atoms with Crippen LogP contribution >= 0.6 is 0 Å². The van der Waals surface area contributed by atoms with Crippen LogP contribution in [0, 0.1) is 5.92 Å². The van der Waals surface area contributed by atoms with Crippen LogP contribution in [0.15, 0.2) is 72.9 Å². The number of carbonyl (C=O) groups is 3. The quantitative estimate of drug-likeness (QED) is 0.252. The van der Waals surface area contributed by atoms with E-state index in [-0.39, 0.29) is 36.3 Å². The highest BCUT2D eigenvalue weighted by Gasteiger charge is 2.38. The van der Waals surface area contributed by atoms with E-state index in [1.54, 1.807) is 45.0 Å². The molecule has 2 heterocycles. The fraction of sp³-hybridized carbons (Fsp3) is 0.375. The molecule has 0 saturated carbocycles. The third-order valence-electron chi connectivity index (χ3n) is 6.51. The molecule has 1 saturated heterocycles. The molecule has 44 heavy (non-hydrogen) atoms. The zero-order chi connectivity index (χ0) is 31.5. The minimum Gasteiger partial charge on any atom is -0.493 e. The maximum atomic E-state index is 13.4. The Hall–Kier alpha value is -4.84. The van der Waals surface area contributed by atoms with E-state index in [1.807, 2.05) is 36.4 Å². The van der Waals surface area contributed by atoms with Gasteiger partial charge in [0.25, 0.3) is 5.91 Å². The van der Waals surface area contributed by atoms with E-state index < -0.39 is 49.0 Å². The fourth-order valence-corrected chi connectivity index (χ4v) is 4.24. The number of benzene rings is 2. The number of hydrogen-bond acceptors (Lipinski definition) is 11. The summed E-state index contributed by atoms with van der Waals surface area (Å²) in [7, 11) is 1.39. The topological polar surface area (TPSA) is 141 Å². The largest absolute Gasteiger partial charge is 0.493 e. The van der Waals surface area contributed by atoms with E-state index in [2.05, 4.69) is 10.3 Å². The predicted octanol–water partition coefficient (Wildman–Crippen LogP) is 3.58. The number of para-hydroxylation sites is 2. The van der Waals surface area contributed by atoms with Crippen molar-refractivity contribution in [1.29, 1.82) is 0 Å². The molecule has 2 aromatic carbocycles. The van der Waals surface area contributed by atoms with Gasteiger partial charge in [-0.05, 0) is 31.2 Å². The Balaban J connectivity index is 1.52. The molecule has 0 radical (unpaired) electrons. The summed E-state index contributed by atoms with van der Waals surface area (Å²) in [6.07, 6.45) is -0.896. The molecular weight excluding hydrogens is 572 g/mol. The zero-order valence-electron chi connectivity index (χ0n) is 25.0. The lowest BCUT2D eigenvalue weighted by molar-refractivity contribution is -0.157. The highest BCUT2D eigenvalue weighted by Crippen LogP contribution is 2.30. The number of nitrogens with zero attached hydrogens (tertiary/aromatic N) is 1. The molecule has 3 aromatic rings. The van der Waals surface area contributed by atoms with E-state index in [1.165, 1.54) is 19.4 Å². The summed E-state index contributed by atoms with van der Waals surface area (Å²) in [6.45, 7) is 4.36. The van der Waals surface area contributed by atoms with Crippen LogP contribution in [-0.4, -0.2) is 74.3 Å². The summed E-state index contributed by atoms with van der Waals surface area (Å²) in [6, 6.07) is 18.5. The molecule has 12 heteroatoms. The molecule has 1 fully saturated rings. The van der Waals surface area contributed by atoms with Gasteiger partial charge in [-0.25, -0.2) is 9.78 Å².